The molecule has 0 aromatic rings. The molecule has 0 fully saturated rings. The fourth-order valence-corrected chi connectivity index (χ4v) is 1.45. The largest absolute Gasteiger partial charge is 0.512 e. The lowest BCUT2D eigenvalue weighted by Gasteiger charge is -2.02. The van der Waals surface area contributed by atoms with Gasteiger partial charge < -0.3 is 14.6 Å². The molecule has 0 spiro atoms. The Bertz CT molecular complexity index is 560. The normalized spacial score (nSPS) is 13.1. The Balaban J connectivity index is 5.05. The van der Waals surface area contributed by atoms with Crippen LogP contribution in [0.2, 0.25) is 0 Å². The van der Waals surface area contributed by atoms with E-state index in [-0.39, 0.29) is 30.1 Å². The van der Waals surface area contributed by atoms with Crippen LogP contribution in [-0.2, 0) is 23.9 Å². The Kier molecular flexibility index (Phi) is 9.75. The first kappa shape index (κ1) is 20.4. The van der Waals surface area contributed by atoms with E-state index < -0.39 is 17.7 Å². The molecule has 0 saturated carbocycles. The van der Waals surface area contributed by atoms with Gasteiger partial charge in [0.1, 0.15) is 11.3 Å². The summed E-state index contributed by atoms with van der Waals surface area (Å²) in [5.41, 5.74) is -0.0475. The van der Waals surface area contributed by atoms with Gasteiger partial charge in [0, 0.05) is 0 Å². The molecular weight excluding hydrogens is 300 g/mol. The van der Waals surface area contributed by atoms with E-state index in [0.717, 1.165) is 0 Å². The van der Waals surface area contributed by atoms with Crippen LogP contribution in [-0.4, -0.2) is 36.0 Å². The highest BCUT2D eigenvalue weighted by Gasteiger charge is 2.14. The maximum Gasteiger partial charge on any atom is 0.341 e. The van der Waals surface area contributed by atoms with E-state index in [1.807, 2.05) is 0 Å². The molecule has 0 aliphatic heterocycles. The number of Topliss-reactive ketones (excluding diaryl/α,β-unsaturated/α-hetero) is 1. The molecule has 0 radical (unpaired) electrons. The Morgan fingerprint density at radius 1 is 0.913 bits per heavy atom. The summed E-state index contributed by atoms with van der Waals surface area (Å²) in [5, 5.41) is 9.44. The fourth-order valence-electron chi connectivity index (χ4n) is 1.45. The highest BCUT2D eigenvalue weighted by molar-refractivity contribution is 6.16. The lowest BCUT2D eigenvalue weighted by Crippen LogP contribution is -2.13. The first-order chi connectivity index (χ1) is 10.8. The second kappa shape index (κ2) is 11.0. The Morgan fingerprint density at radius 3 is 1.96 bits per heavy atom. The molecule has 0 aliphatic rings. The van der Waals surface area contributed by atoms with Gasteiger partial charge in [0.2, 0.25) is 0 Å². The highest BCUT2D eigenvalue weighted by atomic mass is 16.5. The number of aliphatic hydroxyl groups excluding tert-OH is 1. The molecule has 126 valence electrons. The summed E-state index contributed by atoms with van der Waals surface area (Å²) in [7, 11) is 0. The van der Waals surface area contributed by atoms with E-state index in [4.69, 9.17) is 9.47 Å². The number of ether oxygens (including phenoxy) is 2. The molecule has 0 heterocycles. The first-order valence-corrected chi connectivity index (χ1v) is 7.15. The average Bonchev–Trinajstić information content (AvgIpc) is 2.45. The zero-order valence-corrected chi connectivity index (χ0v) is 13.8. The van der Waals surface area contributed by atoms with E-state index in [1.54, 1.807) is 13.8 Å². The molecule has 0 aromatic carbocycles. The standard InChI is InChI=1S/C17H22O6/c1-5-22-16(20)14(12(3)18)10-8-7-9-11-15(13(4)19)17(21)23-6-2/h7-11,18H,5-6H2,1-4H3/b9-7?,10-8?,14-12+,15-11?. The van der Waals surface area contributed by atoms with E-state index >= 15 is 0 Å². The summed E-state index contributed by atoms with van der Waals surface area (Å²) < 4.78 is 9.57. The number of allylic oxidation sites excluding steroid dienone is 5. The van der Waals surface area contributed by atoms with Gasteiger partial charge in [-0.2, -0.15) is 0 Å². The number of rotatable bonds is 8. The van der Waals surface area contributed by atoms with E-state index in [9.17, 15) is 19.5 Å². The number of hydrogen-bond acceptors (Lipinski definition) is 6. The molecule has 0 unspecified atom stereocenters. The summed E-state index contributed by atoms with van der Waals surface area (Å²) in [6.07, 6.45) is 7.13. The molecule has 0 saturated heterocycles. The summed E-state index contributed by atoms with van der Waals surface area (Å²) in [4.78, 5) is 34.5. The monoisotopic (exact) mass is 322 g/mol. The molecule has 6 heteroatoms. The Morgan fingerprint density at radius 2 is 1.48 bits per heavy atom. The number of aliphatic hydroxyl groups is 1. The quantitative estimate of drug-likeness (QED) is 0.184. The maximum atomic E-state index is 11.6. The van der Waals surface area contributed by atoms with Crippen LogP contribution in [0.15, 0.2) is 47.3 Å². The van der Waals surface area contributed by atoms with Crippen molar-refractivity contribution < 1.29 is 29.0 Å². The third-order valence-electron chi connectivity index (χ3n) is 2.51. The van der Waals surface area contributed by atoms with Crippen LogP contribution < -0.4 is 0 Å². The number of esters is 2. The molecular formula is C17H22O6. The SMILES string of the molecule is CCOC(=O)C(=CC=CC=C/C(C(=O)OCC)=C(/C)O)C(C)=O. The van der Waals surface area contributed by atoms with Crippen molar-refractivity contribution in [3.05, 3.63) is 47.3 Å². The lowest BCUT2D eigenvalue weighted by molar-refractivity contribution is -0.140. The fraction of sp³-hybridized carbons (Fsp3) is 0.353. The minimum Gasteiger partial charge on any atom is -0.512 e. The topological polar surface area (TPSA) is 89.9 Å². The zero-order valence-electron chi connectivity index (χ0n) is 13.8. The first-order valence-electron chi connectivity index (χ1n) is 7.15. The molecule has 0 bridgehead atoms. The van der Waals surface area contributed by atoms with Crippen LogP contribution in [0.3, 0.4) is 0 Å². The van der Waals surface area contributed by atoms with Crippen molar-refractivity contribution in [1.29, 1.82) is 0 Å². The lowest BCUT2D eigenvalue weighted by atomic mass is 10.1. The average molecular weight is 322 g/mol. The predicted molar refractivity (Wildman–Crippen MR) is 85.6 cm³/mol. The van der Waals surface area contributed by atoms with Gasteiger partial charge in [-0.25, -0.2) is 9.59 Å². The van der Waals surface area contributed by atoms with Crippen molar-refractivity contribution in [1.82, 2.24) is 0 Å². The molecule has 6 nitrogen and oxygen atoms in total. The van der Waals surface area contributed by atoms with Gasteiger partial charge in [-0.3, -0.25) is 4.79 Å². The third-order valence-corrected chi connectivity index (χ3v) is 2.51. The second-order valence-corrected chi connectivity index (χ2v) is 4.32. The predicted octanol–water partition coefficient (Wildman–Crippen LogP) is 2.57. The third kappa shape index (κ3) is 7.80. The van der Waals surface area contributed by atoms with Crippen LogP contribution in [0.5, 0.6) is 0 Å². The summed E-state index contributed by atoms with van der Waals surface area (Å²) in [5.74, 6) is -1.90. The van der Waals surface area contributed by atoms with Gasteiger partial charge in [0.25, 0.3) is 0 Å². The Hall–Kier alpha value is -2.63. The molecule has 0 aliphatic carbocycles. The molecule has 0 atom stereocenters. The molecule has 0 rings (SSSR count). The summed E-state index contributed by atoms with van der Waals surface area (Å²) in [6.45, 7) is 6.32. The van der Waals surface area contributed by atoms with Crippen molar-refractivity contribution in [3.63, 3.8) is 0 Å². The Labute approximate surface area is 135 Å². The second-order valence-electron chi connectivity index (χ2n) is 4.32. The van der Waals surface area contributed by atoms with Crippen molar-refractivity contribution >= 4 is 17.7 Å². The number of hydrogen-bond donors (Lipinski definition) is 1. The van der Waals surface area contributed by atoms with Crippen molar-refractivity contribution in [2.24, 2.45) is 0 Å². The number of carbonyl (C=O) groups excluding carboxylic acids is 3. The van der Waals surface area contributed by atoms with Crippen LogP contribution >= 0.6 is 0 Å². The van der Waals surface area contributed by atoms with Crippen LogP contribution in [0.25, 0.3) is 0 Å². The highest BCUT2D eigenvalue weighted by Crippen LogP contribution is 2.06. The van der Waals surface area contributed by atoms with E-state index in [2.05, 4.69) is 0 Å². The maximum absolute atomic E-state index is 11.6. The molecule has 1 N–H and O–H groups in total. The zero-order chi connectivity index (χ0) is 17.8. The molecule has 0 aromatic heterocycles. The minimum atomic E-state index is -0.688. The summed E-state index contributed by atoms with van der Waals surface area (Å²) in [6, 6.07) is 0. The van der Waals surface area contributed by atoms with Gasteiger partial charge in [0.05, 0.1) is 18.8 Å². The molecule has 0 amide bonds. The minimum absolute atomic E-state index is 0.0256. The van der Waals surface area contributed by atoms with Gasteiger partial charge in [0.15, 0.2) is 5.78 Å². The smallest absolute Gasteiger partial charge is 0.341 e. The van der Waals surface area contributed by atoms with Gasteiger partial charge >= 0.3 is 11.9 Å². The van der Waals surface area contributed by atoms with Crippen molar-refractivity contribution in [2.45, 2.75) is 27.7 Å². The van der Waals surface area contributed by atoms with Crippen molar-refractivity contribution in [2.75, 3.05) is 13.2 Å². The van der Waals surface area contributed by atoms with E-state index in [1.165, 1.54) is 44.2 Å². The van der Waals surface area contributed by atoms with Gasteiger partial charge in [-0.05, 0) is 39.8 Å². The van der Waals surface area contributed by atoms with Crippen molar-refractivity contribution in [3.8, 4) is 0 Å². The van der Waals surface area contributed by atoms with Gasteiger partial charge in [-0.15, -0.1) is 0 Å². The van der Waals surface area contributed by atoms with Crippen LogP contribution in [0, 0.1) is 0 Å². The van der Waals surface area contributed by atoms with E-state index in [0.29, 0.717) is 0 Å². The van der Waals surface area contributed by atoms with Crippen LogP contribution in [0.1, 0.15) is 27.7 Å². The van der Waals surface area contributed by atoms with Gasteiger partial charge in [-0.1, -0.05) is 18.2 Å². The van der Waals surface area contributed by atoms with Crippen LogP contribution in [0.4, 0.5) is 0 Å². The number of ketones is 1. The molecule has 23 heavy (non-hydrogen) atoms. The summed E-state index contributed by atoms with van der Waals surface area (Å²) >= 11 is 0. The number of carbonyl (C=O) groups is 3.